The lowest BCUT2D eigenvalue weighted by Crippen LogP contribution is -2.14. The molecule has 0 amide bonds. The molecule has 0 aromatic heterocycles. The number of ether oxygens (including phenoxy) is 1. The number of benzene rings is 3. The van der Waals surface area contributed by atoms with Gasteiger partial charge in [0, 0.05) is 17.2 Å². The van der Waals surface area contributed by atoms with Gasteiger partial charge in [0.2, 0.25) is 0 Å². The van der Waals surface area contributed by atoms with E-state index in [-0.39, 0.29) is 37.1 Å². The summed E-state index contributed by atoms with van der Waals surface area (Å²) in [6.45, 7) is 0. The highest BCUT2D eigenvalue weighted by molar-refractivity contribution is 7.92. The van der Waals surface area contributed by atoms with Crippen molar-refractivity contribution in [1.82, 2.24) is 0 Å². The molecule has 0 aliphatic rings. The fraction of sp³-hybridized carbons (Fsp3) is 0. The molecular weight excluding hydrogens is 498 g/mol. The highest BCUT2D eigenvalue weighted by atomic mass is 35.5. The van der Waals surface area contributed by atoms with Crippen LogP contribution in [0.3, 0.4) is 0 Å². The summed E-state index contributed by atoms with van der Waals surface area (Å²) in [6.07, 6.45) is 0. The third kappa shape index (κ3) is 5.27. The Morgan fingerprint density at radius 3 is 2.10 bits per heavy atom. The van der Waals surface area contributed by atoms with Crippen molar-refractivity contribution in [3.8, 4) is 11.5 Å². The van der Waals surface area contributed by atoms with Gasteiger partial charge in [-0.05, 0) is 36.4 Å². The minimum absolute atomic E-state index is 0.0211. The van der Waals surface area contributed by atoms with Gasteiger partial charge in [0.15, 0.2) is 0 Å². The van der Waals surface area contributed by atoms with Gasteiger partial charge < -0.3 is 4.74 Å². The molecule has 0 radical (unpaired) electrons. The lowest BCUT2D eigenvalue weighted by molar-refractivity contribution is -0.384. The number of rotatable bonds is 6. The minimum Gasteiger partial charge on any atom is -0.457 e. The van der Waals surface area contributed by atoms with Crippen molar-refractivity contribution in [1.29, 1.82) is 0 Å². The summed E-state index contributed by atoms with van der Waals surface area (Å²) >= 11 is 23.5. The molecule has 0 heterocycles. The molecule has 3 aromatic rings. The lowest BCUT2D eigenvalue weighted by Gasteiger charge is -2.12. The summed E-state index contributed by atoms with van der Waals surface area (Å²) in [5, 5.41) is 11.6. The maximum Gasteiger partial charge on any atom is 0.275 e. The Balaban J connectivity index is 1.98. The van der Waals surface area contributed by atoms with E-state index < -0.39 is 14.9 Å². The van der Waals surface area contributed by atoms with E-state index in [1.165, 1.54) is 12.1 Å². The summed E-state index contributed by atoms with van der Waals surface area (Å²) in [4.78, 5) is 10.3. The third-order valence-electron chi connectivity index (χ3n) is 3.67. The van der Waals surface area contributed by atoms with Crippen LogP contribution >= 0.6 is 46.4 Å². The highest BCUT2D eigenvalue weighted by Crippen LogP contribution is 2.34. The summed E-state index contributed by atoms with van der Waals surface area (Å²) < 4.78 is 33.3. The fourth-order valence-corrected chi connectivity index (χ4v) is 4.53. The molecule has 12 heteroatoms. The van der Waals surface area contributed by atoms with Gasteiger partial charge in [-0.2, -0.15) is 0 Å². The SMILES string of the molecule is O=[N+]([O-])c1cc(NS(=O)(=O)c2cc(Cl)c(Cl)cc2Cl)cc(Oc2ccc(Cl)cc2)c1. The molecule has 0 saturated heterocycles. The quantitative estimate of drug-likeness (QED) is 0.224. The van der Waals surface area contributed by atoms with E-state index in [4.69, 9.17) is 51.1 Å². The van der Waals surface area contributed by atoms with Gasteiger partial charge in [0.1, 0.15) is 16.4 Å². The van der Waals surface area contributed by atoms with Gasteiger partial charge in [-0.25, -0.2) is 8.42 Å². The van der Waals surface area contributed by atoms with Crippen molar-refractivity contribution < 1.29 is 18.1 Å². The van der Waals surface area contributed by atoms with Crippen LogP contribution in [0.1, 0.15) is 0 Å². The Morgan fingerprint density at radius 2 is 1.47 bits per heavy atom. The molecule has 156 valence electrons. The summed E-state index contributed by atoms with van der Waals surface area (Å²) in [5.41, 5.74) is -0.505. The number of nitro groups is 1. The van der Waals surface area contributed by atoms with Crippen molar-refractivity contribution in [2.24, 2.45) is 0 Å². The predicted molar refractivity (Wildman–Crippen MR) is 117 cm³/mol. The first kappa shape index (κ1) is 22.5. The normalized spacial score (nSPS) is 11.2. The second-order valence-electron chi connectivity index (χ2n) is 5.83. The average molecular weight is 508 g/mol. The number of nitrogens with one attached hydrogen (secondary N) is 1. The molecule has 1 N–H and O–H groups in total. The average Bonchev–Trinajstić information content (AvgIpc) is 2.66. The first-order valence-electron chi connectivity index (χ1n) is 7.95. The Morgan fingerprint density at radius 1 is 0.833 bits per heavy atom. The molecule has 0 saturated carbocycles. The lowest BCUT2D eigenvalue weighted by atomic mass is 10.2. The van der Waals surface area contributed by atoms with Crippen molar-refractivity contribution >= 4 is 67.8 Å². The largest absolute Gasteiger partial charge is 0.457 e. The van der Waals surface area contributed by atoms with Crippen LogP contribution in [-0.2, 0) is 10.0 Å². The molecule has 0 unspecified atom stereocenters. The summed E-state index contributed by atoms with van der Waals surface area (Å²) in [5.74, 6) is 0.380. The number of nitrogens with zero attached hydrogens (tertiary/aromatic N) is 1. The van der Waals surface area contributed by atoms with Crippen LogP contribution in [0.2, 0.25) is 20.1 Å². The molecule has 0 fully saturated rings. The second-order valence-corrected chi connectivity index (χ2v) is 9.14. The van der Waals surface area contributed by atoms with Gasteiger partial charge in [0.25, 0.3) is 15.7 Å². The smallest absolute Gasteiger partial charge is 0.275 e. The zero-order chi connectivity index (χ0) is 22.1. The van der Waals surface area contributed by atoms with Gasteiger partial charge >= 0.3 is 0 Å². The first-order chi connectivity index (χ1) is 14.0. The summed E-state index contributed by atoms with van der Waals surface area (Å²) in [6, 6.07) is 12.0. The van der Waals surface area contributed by atoms with Crippen molar-refractivity contribution in [2.45, 2.75) is 4.90 Å². The van der Waals surface area contributed by atoms with E-state index in [0.29, 0.717) is 10.8 Å². The number of nitro benzene ring substituents is 1. The Bertz CT molecular complexity index is 1230. The van der Waals surface area contributed by atoms with Crippen LogP contribution in [-0.4, -0.2) is 13.3 Å². The third-order valence-corrected chi connectivity index (χ3v) is 6.49. The van der Waals surface area contributed by atoms with E-state index in [2.05, 4.69) is 4.72 Å². The van der Waals surface area contributed by atoms with Crippen molar-refractivity contribution in [2.75, 3.05) is 4.72 Å². The molecule has 0 atom stereocenters. The van der Waals surface area contributed by atoms with Crippen LogP contribution in [0.4, 0.5) is 11.4 Å². The van der Waals surface area contributed by atoms with Crippen molar-refractivity contribution in [3.05, 3.63) is 84.8 Å². The maximum absolute atomic E-state index is 12.8. The molecule has 3 aromatic carbocycles. The van der Waals surface area contributed by atoms with E-state index in [1.54, 1.807) is 24.3 Å². The molecule has 0 aliphatic carbocycles. The van der Waals surface area contributed by atoms with Gasteiger partial charge in [0.05, 0.1) is 31.7 Å². The minimum atomic E-state index is -4.24. The second kappa shape index (κ2) is 8.87. The van der Waals surface area contributed by atoms with E-state index in [1.807, 2.05) is 0 Å². The van der Waals surface area contributed by atoms with E-state index >= 15 is 0 Å². The maximum atomic E-state index is 12.8. The molecule has 7 nitrogen and oxygen atoms in total. The molecular formula is C18H10Cl4N2O5S. The Hall–Kier alpha value is -2.23. The fourth-order valence-electron chi connectivity index (χ4n) is 2.37. The van der Waals surface area contributed by atoms with Crippen LogP contribution in [0, 0.1) is 10.1 Å². The number of hydrogen-bond acceptors (Lipinski definition) is 5. The zero-order valence-electron chi connectivity index (χ0n) is 14.6. The standard InChI is InChI=1S/C18H10Cl4N2O5S/c19-10-1-3-13(4-2-10)29-14-6-11(5-12(7-14)24(25)26)23-30(27,28)18-9-16(21)15(20)8-17(18)22/h1-9,23H. The van der Waals surface area contributed by atoms with Crippen LogP contribution in [0.25, 0.3) is 0 Å². The monoisotopic (exact) mass is 506 g/mol. The first-order valence-corrected chi connectivity index (χ1v) is 10.9. The number of non-ortho nitro benzene ring substituents is 1. The number of anilines is 1. The van der Waals surface area contributed by atoms with Gasteiger partial charge in [-0.1, -0.05) is 46.4 Å². The highest BCUT2D eigenvalue weighted by Gasteiger charge is 2.22. The van der Waals surface area contributed by atoms with Gasteiger partial charge in [-0.3, -0.25) is 14.8 Å². The Kier molecular flexibility index (Phi) is 6.64. The molecule has 30 heavy (non-hydrogen) atoms. The summed E-state index contributed by atoms with van der Waals surface area (Å²) in [7, 11) is -4.24. The van der Waals surface area contributed by atoms with E-state index in [9.17, 15) is 18.5 Å². The van der Waals surface area contributed by atoms with Crippen LogP contribution in [0.5, 0.6) is 11.5 Å². The molecule has 0 spiro atoms. The Labute approximate surface area is 191 Å². The topological polar surface area (TPSA) is 98.5 Å². The number of sulfonamides is 1. The predicted octanol–water partition coefficient (Wildman–Crippen LogP) is 6.80. The zero-order valence-corrected chi connectivity index (χ0v) is 18.4. The van der Waals surface area contributed by atoms with Gasteiger partial charge in [-0.15, -0.1) is 0 Å². The van der Waals surface area contributed by atoms with Crippen LogP contribution < -0.4 is 9.46 Å². The number of hydrogen-bond donors (Lipinski definition) is 1. The number of halogens is 4. The molecule has 0 bridgehead atoms. The molecule has 0 aliphatic heterocycles. The van der Waals surface area contributed by atoms with E-state index in [0.717, 1.165) is 18.2 Å². The van der Waals surface area contributed by atoms with Crippen LogP contribution in [0.15, 0.2) is 59.5 Å². The van der Waals surface area contributed by atoms with Crippen molar-refractivity contribution in [3.63, 3.8) is 0 Å². The molecule has 3 rings (SSSR count).